The van der Waals surface area contributed by atoms with Crippen LogP contribution in [0.3, 0.4) is 0 Å². The molecule has 2 aliphatic rings. The van der Waals surface area contributed by atoms with Gasteiger partial charge in [0.05, 0.1) is 13.2 Å². The van der Waals surface area contributed by atoms with Crippen LogP contribution >= 0.6 is 0 Å². The second kappa shape index (κ2) is 6.02. The molecule has 0 spiro atoms. The van der Waals surface area contributed by atoms with Gasteiger partial charge in [0.1, 0.15) is 32.0 Å². The van der Waals surface area contributed by atoms with Crippen molar-refractivity contribution in [3.63, 3.8) is 0 Å². The summed E-state index contributed by atoms with van der Waals surface area (Å²) in [6.45, 7) is 6.06. The van der Waals surface area contributed by atoms with E-state index < -0.39 is 0 Å². The van der Waals surface area contributed by atoms with Gasteiger partial charge < -0.3 is 23.7 Å². The average molecular weight is 281 g/mol. The van der Waals surface area contributed by atoms with Crippen LogP contribution in [-0.2, 0) is 9.47 Å². The van der Waals surface area contributed by atoms with Crippen LogP contribution in [0.25, 0.3) is 0 Å². The maximum Gasteiger partial charge on any atom is 0.326 e. The van der Waals surface area contributed by atoms with E-state index in [2.05, 4.69) is 21.5 Å². The van der Waals surface area contributed by atoms with Gasteiger partial charge in [0.25, 0.3) is 0 Å². The molecule has 3 heterocycles. The maximum atomic E-state index is 5.41. The summed E-state index contributed by atoms with van der Waals surface area (Å²) in [4.78, 5) is 12.1. The topological polar surface area (TPSA) is 91.4 Å². The van der Waals surface area contributed by atoms with E-state index in [0.717, 1.165) is 0 Å². The van der Waals surface area contributed by atoms with Crippen molar-refractivity contribution in [2.24, 2.45) is 0 Å². The molecule has 20 heavy (non-hydrogen) atoms. The van der Waals surface area contributed by atoms with E-state index in [-0.39, 0.29) is 30.2 Å². The number of epoxide rings is 2. The van der Waals surface area contributed by atoms with Crippen LogP contribution in [0.5, 0.6) is 18.0 Å². The lowest BCUT2D eigenvalue weighted by Gasteiger charge is -2.08. The Hall–Kier alpha value is -1.93. The zero-order valence-electron chi connectivity index (χ0n) is 10.9. The Kier molecular flexibility index (Phi) is 3.93. The van der Waals surface area contributed by atoms with Crippen molar-refractivity contribution in [3.8, 4) is 18.0 Å². The van der Waals surface area contributed by atoms with Gasteiger partial charge in [-0.15, -0.1) is 15.0 Å². The molecule has 0 aliphatic carbocycles. The third-order valence-electron chi connectivity index (χ3n) is 2.51. The molecule has 2 aliphatic heterocycles. The first kappa shape index (κ1) is 13.1. The first-order valence-corrected chi connectivity index (χ1v) is 6.32. The molecule has 8 nitrogen and oxygen atoms in total. The van der Waals surface area contributed by atoms with Crippen LogP contribution in [0.4, 0.5) is 0 Å². The van der Waals surface area contributed by atoms with Gasteiger partial charge in [0.15, 0.2) is 0 Å². The summed E-state index contributed by atoms with van der Waals surface area (Å²) < 4.78 is 26.2. The molecule has 2 unspecified atom stereocenters. The molecule has 2 atom stereocenters. The number of nitrogens with zero attached hydrogens (tertiary/aromatic N) is 3. The quantitative estimate of drug-likeness (QED) is 0.461. The van der Waals surface area contributed by atoms with Crippen molar-refractivity contribution < 1.29 is 23.7 Å². The number of aromatic nitrogens is 3. The van der Waals surface area contributed by atoms with Crippen molar-refractivity contribution in [2.75, 3.05) is 33.0 Å². The molecule has 108 valence electrons. The second-order valence-corrected chi connectivity index (χ2v) is 4.32. The third kappa shape index (κ3) is 4.04. The van der Waals surface area contributed by atoms with Crippen LogP contribution in [0.1, 0.15) is 0 Å². The van der Waals surface area contributed by atoms with Gasteiger partial charge in [0.2, 0.25) is 0 Å². The Bertz CT molecular complexity index is 442. The molecule has 0 radical (unpaired) electrons. The number of ether oxygens (including phenoxy) is 5. The standard InChI is InChI=1S/C12H15N3O5/c1-2-3-16-10-13-11(19-6-8-4-17-8)15-12(14-10)20-7-9-5-18-9/h2,8-9H,1,3-7H2. The fourth-order valence-corrected chi connectivity index (χ4v) is 1.31. The predicted octanol–water partition coefficient (Wildman–Crippen LogP) is -0.00840. The highest BCUT2D eigenvalue weighted by Crippen LogP contribution is 2.18. The molecule has 3 rings (SSSR count). The summed E-state index contributed by atoms with van der Waals surface area (Å²) in [6.07, 6.45) is 1.84. The van der Waals surface area contributed by atoms with Crippen LogP contribution in [-0.4, -0.2) is 60.2 Å². The number of rotatable bonds is 9. The molecule has 0 N–H and O–H groups in total. The average Bonchev–Trinajstić information content (AvgIpc) is 3.35. The monoisotopic (exact) mass is 281 g/mol. The summed E-state index contributed by atoms with van der Waals surface area (Å²) in [6, 6.07) is 0.445. The molecule has 1 aromatic rings. The Morgan fingerprint density at radius 3 is 1.80 bits per heavy atom. The van der Waals surface area contributed by atoms with Crippen LogP contribution in [0.2, 0.25) is 0 Å². The molecule has 2 fully saturated rings. The predicted molar refractivity (Wildman–Crippen MR) is 66.0 cm³/mol. The normalized spacial score (nSPS) is 23.0. The minimum atomic E-state index is 0.119. The summed E-state index contributed by atoms with van der Waals surface area (Å²) in [5.41, 5.74) is 0. The van der Waals surface area contributed by atoms with Crippen molar-refractivity contribution in [1.29, 1.82) is 0 Å². The highest BCUT2D eigenvalue weighted by Gasteiger charge is 2.25. The van der Waals surface area contributed by atoms with E-state index in [0.29, 0.717) is 33.0 Å². The van der Waals surface area contributed by atoms with Gasteiger partial charge in [-0.25, -0.2) is 0 Å². The molecule has 0 bridgehead atoms. The molecule has 0 amide bonds. The van der Waals surface area contributed by atoms with Gasteiger partial charge in [-0.3, -0.25) is 0 Å². The van der Waals surface area contributed by atoms with E-state index in [1.54, 1.807) is 6.08 Å². The largest absolute Gasteiger partial charge is 0.460 e. The molecular formula is C12H15N3O5. The smallest absolute Gasteiger partial charge is 0.326 e. The summed E-state index contributed by atoms with van der Waals surface area (Å²) in [7, 11) is 0. The van der Waals surface area contributed by atoms with Crippen molar-refractivity contribution in [1.82, 2.24) is 15.0 Å². The Labute approximate surface area is 115 Å². The van der Waals surface area contributed by atoms with E-state index >= 15 is 0 Å². The van der Waals surface area contributed by atoms with E-state index in [1.807, 2.05) is 0 Å². The van der Waals surface area contributed by atoms with Gasteiger partial charge in [0, 0.05) is 0 Å². The fourth-order valence-electron chi connectivity index (χ4n) is 1.31. The highest BCUT2D eigenvalue weighted by atomic mass is 16.6. The van der Waals surface area contributed by atoms with Crippen LogP contribution in [0.15, 0.2) is 12.7 Å². The minimum Gasteiger partial charge on any atom is -0.460 e. The van der Waals surface area contributed by atoms with E-state index in [9.17, 15) is 0 Å². The highest BCUT2D eigenvalue weighted by molar-refractivity contribution is 5.09. The first-order chi connectivity index (χ1) is 9.83. The minimum absolute atomic E-state index is 0.119. The Morgan fingerprint density at radius 1 is 0.950 bits per heavy atom. The van der Waals surface area contributed by atoms with Gasteiger partial charge >= 0.3 is 18.0 Å². The number of hydrogen-bond acceptors (Lipinski definition) is 8. The zero-order valence-corrected chi connectivity index (χ0v) is 10.9. The second-order valence-electron chi connectivity index (χ2n) is 4.32. The summed E-state index contributed by atoms with van der Waals surface area (Å²) in [5.74, 6) is 0. The lowest BCUT2D eigenvalue weighted by atomic mass is 10.5. The molecule has 0 aromatic carbocycles. The molecular weight excluding hydrogens is 266 g/mol. The Morgan fingerprint density at radius 2 is 1.40 bits per heavy atom. The molecule has 8 heteroatoms. The van der Waals surface area contributed by atoms with Crippen molar-refractivity contribution in [3.05, 3.63) is 12.7 Å². The third-order valence-corrected chi connectivity index (χ3v) is 2.51. The first-order valence-electron chi connectivity index (χ1n) is 6.32. The lowest BCUT2D eigenvalue weighted by Crippen LogP contribution is -2.12. The van der Waals surface area contributed by atoms with Crippen molar-refractivity contribution in [2.45, 2.75) is 12.2 Å². The van der Waals surface area contributed by atoms with Crippen molar-refractivity contribution >= 4 is 0 Å². The SMILES string of the molecule is C=CCOc1nc(OCC2CO2)nc(OCC2CO2)n1. The van der Waals surface area contributed by atoms with Crippen LogP contribution in [0, 0.1) is 0 Å². The van der Waals surface area contributed by atoms with E-state index in [4.69, 9.17) is 23.7 Å². The molecule has 1 aromatic heterocycles. The lowest BCUT2D eigenvalue weighted by molar-refractivity contribution is 0.214. The molecule has 0 saturated carbocycles. The van der Waals surface area contributed by atoms with Gasteiger partial charge in [-0.1, -0.05) is 12.7 Å². The fraction of sp³-hybridized carbons (Fsp3) is 0.583. The van der Waals surface area contributed by atoms with E-state index in [1.165, 1.54) is 0 Å². The number of hydrogen-bond donors (Lipinski definition) is 0. The summed E-state index contributed by atoms with van der Waals surface area (Å²) >= 11 is 0. The van der Waals surface area contributed by atoms with Crippen LogP contribution < -0.4 is 14.2 Å². The van der Waals surface area contributed by atoms with Gasteiger partial charge in [-0.2, -0.15) is 0 Å². The zero-order chi connectivity index (χ0) is 13.8. The van der Waals surface area contributed by atoms with Gasteiger partial charge in [-0.05, 0) is 0 Å². The maximum absolute atomic E-state index is 5.41. The molecule has 2 saturated heterocycles. The summed E-state index contributed by atoms with van der Waals surface area (Å²) in [5, 5.41) is 0. The Balaban J connectivity index is 1.64.